The number of nitrogens with one attached hydrogen (secondary N) is 1. The van der Waals surface area contributed by atoms with Crippen LogP contribution < -0.4 is 10.5 Å². The number of carboxylic acids is 1. The van der Waals surface area contributed by atoms with Crippen LogP contribution in [-0.2, 0) is 14.8 Å². The van der Waals surface area contributed by atoms with Crippen molar-refractivity contribution in [2.45, 2.75) is 24.3 Å². The molecule has 1 aromatic heterocycles. The number of hydrogen-bond acceptors (Lipinski definition) is 6. The van der Waals surface area contributed by atoms with Crippen LogP contribution in [0, 0.1) is 6.92 Å². The van der Waals surface area contributed by atoms with E-state index in [1.54, 1.807) is 31.2 Å². The zero-order chi connectivity index (χ0) is 22.8. The zero-order valence-electron chi connectivity index (χ0n) is 16.4. The molecule has 31 heavy (non-hydrogen) atoms. The van der Waals surface area contributed by atoms with Gasteiger partial charge >= 0.3 is 5.97 Å². The Morgan fingerprint density at radius 3 is 2.52 bits per heavy atom. The van der Waals surface area contributed by atoms with Crippen LogP contribution in [0.5, 0.6) is 5.88 Å². The van der Waals surface area contributed by atoms with Crippen molar-refractivity contribution >= 4 is 21.9 Å². The summed E-state index contributed by atoms with van der Waals surface area (Å²) in [6.07, 6.45) is -0.348. The van der Waals surface area contributed by atoms with Gasteiger partial charge < -0.3 is 15.5 Å². The minimum absolute atomic E-state index is 0.170. The number of aromatic hydroxyl groups is 1. The summed E-state index contributed by atoms with van der Waals surface area (Å²) in [5, 5.41) is 31.2. The average Bonchev–Trinajstić information content (AvgIpc) is 3.09. The second kappa shape index (κ2) is 8.58. The van der Waals surface area contributed by atoms with E-state index in [9.17, 15) is 28.2 Å². The van der Waals surface area contributed by atoms with E-state index in [0.717, 1.165) is 16.3 Å². The quantitative estimate of drug-likeness (QED) is 0.428. The Bertz CT molecular complexity index is 1250. The number of benzene rings is 2. The van der Waals surface area contributed by atoms with Crippen molar-refractivity contribution < 1.29 is 28.2 Å². The molecule has 0 radical (unpaired) electrons. The second-order valence-corrected chi connectivity index (χ2v) is 8.38. The molecule has 0 unspecified atom stereocenters. The summed E-state index contributed by atoms with van der Waals surface area (Å²) in [6, 6.07) is 12.7. The van der Waals surface area contributed by atoms with Gasteiger partial charge in [-0.25, -0.2) is 18.2 Å². The summed E-state index contributed by atoms with van der Waals surface area (Å²) >= 11 is 0. The molecule has 1 amide bonds. The van der Waals surface area contributed by atoms with Gasteiger partial charge in [0.2, 0.25) is 15.9 Å². The van der Waals surface area contributed by atoms with E-state index in [1.165, 1.54) is 24.3 Å². The Hall–Kier alpha value is -3.70. The largest absolute Gasteiger partial charge is 0.493 e. The van der Waals surface area contributed by atoms with Gasteiger partial charge in [-0.2, -0.15) is 5.10 Å². The maximum atomic E-state index is 12.7. The molecule has 0 aliphatic carbocycles. The van der Waals surface area contributed by atoms with Crippen LogP contribution in [0.3, 0.4) is 0 Å². The van der Waals surface area contributed by atoms with Crippen molar-refractivity contribution in [1.82, 2.24) is 15.1 Å². The minimum Gasteiger partial charge on any atom is -0.493 e. The van der Waals surface area contributed by atoms with Crippen molar-refractivity contribution in [2.24, 2.45) is 5.14 Å². The highest BCUT2D eigenvalue weighted by Gasteiger charge is 2.23. The number of sulfonamides is 1. The first-order valence-corrected chi connectivity index (χ1v) is 10.6. The van der Waals surface area contributed by atoms with E-state index in [1.807, 2.05) is 0 Å². The standard InChI is InChI=1S/C20H20N4O6S/c1-12-5-2-3-8-15(12)16(11-19(26)27)22-20(28)17-10-18(25)24(23-17)13-6-4-7-14(9-13)31(21,29)30/h2-10,16,25H,11H2,1H3,(H,22,28)(H,26,27)(H2,21,29,30)/t16-/m0/s1. The van der Waals surface area contributed by atoms with Gasteiger partial charge in [0, 0.05) is 6.07 Å². The Balaban J connectivity index is 1.91. The van der Waals surface area contributed by atoms with Crippen LogP contribution in [0.1, 0.15) is 34.1 Å². The van der Waals surface area contributed by atoms with Crippen molar-refractivity contribution in [3.05, 3.63) is 71.4 Å². The molecule has 0 saturated heterocycles. The molecule has 0 bridgehead atoms. The normalized spacial score (nSPS) is 12.3. The van der Waals surface area contributed by atoms with Crippen molar-refractivity contribution in [3.63, 3.8) is 0 Å². The predicted octanol–water partition coefficient (Wildman–Crippen LogP) is 1.48. The first kappa shape index (κ1) is 22.0. The van der Waals surface area contributed by atoms with E-state index in [0.29, 0.717) is 5.56 Å². The Kier molecular flexibility index (Phi) is 6.09. The summed E-state index contributed by atoms with van der Waals surface area (Å²) in [6.45, 7) is 1.80. The summed E-state index contributed by atoms with van der Waals surface area (Å²) in [7, 11) is -3.98. The molecular weight excluding hydrogens is 424 g/mol. The van der Waals surface area contributed by atoms with Crippen LogP contribution >= 0.6 is 0 Å². The van der Waals surface area contributed by atoms with E-state index in [-0.39, 0.29) is 22.7 Å². The Morgan fingerprint density at radius 1 is 1.16 bits per heavy atom. The number of aliphatic carboxylic acids is 1. The first-order chi connectivity index (χ1) is 14.6. The van der Waals surface area contributed by atoms with Crippen molar-refractivity contribution in [3.8, 4) is 11.6 Å². The first-order valence-electron chi connectivity index (χ1n) is 9.06. The summed E-state index contributed by atoms with van der Waals surface area (Å²) in [5.41, 5.74) is 1.44. The lowest BCUT2D eigenvalue weighted by molar-refractivity contribution is -0.137. The number of primary sulfonamides is 1. The molecule has 162 valence electrons. The topological polar surface area (TPSA) is 165 Å². The van der Waals surface area contributed by atoms with Crippen LogP contribution in [0.4, 0.5) is 0 Å². The molecule has 5 N–H and O–H groups in total. The van der Waals surface area contributed by atoms with Crippen LogP contribution in [0.15, 0.2) is 59.5 Å². The number of nitrogens with two attached hydrogens (primary N) is 1. The maximum Gasteiger partial charge on any atom is 0.305 e. The minimum atomic E-state index is -3.98. The van der Waals surface area contributed by atoms with Gasteiger partial charge in [0.05, 0.1) is 23.0 Å². The molecule has 0 saturated carbocycles. The molecule has 3 rings (SSSR count). The lowest BCUT2D eigenvalue weighted by atomic mass is 9.98. The van der Waals surface area contributed by atoms with Crippen LogP contribution in [0.2, 0.25) is 0 Å². The molecule has 0 aliphatic heterocycles. The third-order valence-corrected chi connectivity index (χ3v) is 5.47. The number of hydrogen-bond donors (Lipinski definition) is 4. The number of amides is 1. The molecule has 2 aromatic carbocycles. The van der Waals surface area contributed by atoms with Crippen molar-refractivity contribution in [2.75, 3.05) is 0 Å². The number of carboxylic acid groups (broad SMARTS) is 1. The van der Waals surface area contributed by atoms with Crippen LogP contribution in [-0.4, -0.2) is 40.3 Å². The van der Waals surface area contributed by atoms with E-state index in [4.69, 9.17) is 5.14 Å². The summed E-state index contributed by atoms with van der Waals surface area (Å²) < 4.78 is 24.1. The second-order valence-electron chi connectivity index (χ2n) is 6.82. The van der Waals surface area contributed by atoms with E-state index < -0.39 is 33.8 Å². The molecule has 0 spiro atoms. The number of nitrogens with zero attached hydrogens (tertiary/aromatic N) is 2. The molecule has 11 heteroatoms. The van der Waals surface area contributed by atoms with Gasteiger partial charge in [-0.3, -0.25) is 9.59 Å². The highest BCUT2D eigenvalue weighted by Crippen LogP contribution is 2.23. The maximum absolute atomic E-state index is 12.7. The number of carbonyl (C=O) groups excluding carboxylic acids is 1. The third-order valence-electron chi connectivity index (χ3n) is 4.56. The highest BCUT2D eigenvalue weighted by atomic mass is 32.2. The van der Waals surface area contributed by atoms with Gasteiger partial charge in [0.25, 0.3) is 5.91 Å². The van der Waals surface area contributed by atoms with E-state index in [2.05, 4.69) is 10.4 Å². The predicted molar refractivity (Wildman–Crippen MR) is 110 cm³/mol. The number of rotatable bonds is 7. The molecule has 0 fully saturated rings. The van der Waals surface area contributed by atoms with Gasteiger partial charge in [0.1, 0.15) is 0 Å². The molecule has 0 aliphatic rings. The van der Waals surface area contributed by atoms with Gasteiger partial charge in [-0.05, 0) is 36.2 Å². The van der Waals surface area contributed by atoms with Crippen LogP contribution in [0.25, 0.3) is 5.69 Å². The zero-order valence-corrected chi connectivity index (χ0v) is 17.2. The molecular formula is C20H20N4O6S. The molecule has 1 heterocycles. The lowest BCUT2D eigenvalue weighted by Gasteiger charge is -2.18. The molecule has 1 atom stereocenters. The Morgan fingerprint density at radius 2 is 1.87 bits per heavy atom. The third kappa shape index (κ3) is 5.08. The van der Waals surface area contributed by atoms with Gasteiger partial charge in [-0.15, -0.1) is 0 Å². The number of aromatic nitrogens is 2. The van der Waals surface area contributed by atoms with E-state index >= 15 is 0 Å². The van der Waals surface area contributed by atoms with Gasteiger partial charge in [-0.1, -0.05) is 30.3 Å². The average molecular weight is 444 g/mol. The number of carbonyl (C=O) groups is 2. The Labute approximate surface area is 178 Å². The SMILES string of the molecule is Cc1ccccc1[C@H](CC(=O)O)NC(=O)c1cc(O)n(-c2cccc(S(N)(=O)=O)c2)n1. The fourth-order valence-electron chi connectivity index (χ4n) is 3.09. The summed E-state index contributed by atoms with van der Waals surface area (Å²) in [4.78, 5) is 23.8. The van der Waals surface area contributed by atoms with Gasteiger partial charge in [0.15, 0.2) is 5.69 Å². The smallest absolute Gasteiger partial charge is 0.305 e. The molecule has 3 aromatic rings. The summed E-state index contributed by atoms with van der Waals surface area (Å²) in [5.74, 6) is -2.21. The fraction of sp³-hybridized carbons (Fsp3) is 0.150. The fourth-order valence-corrected chi connectivity index (χ4v) is 3.64. The lowest BCUT2D eigenvalue weighted by Crippen LogP contribution is -2.31. The monoisotopic (exact) mass is 444 g/mol. The molecule has 10 nitrogen and oxygen atoms in total. The highest BCUT2D eigenvalue weighted by molar-refractivity contribution is 7.89. The van der Waals surface area contributed by atoms with Crippen molar-refractivity contribution in [1.29, 1.82) is 0 Å². The number of aryl methyl sites for hydroxylation is 1.